The van der Waals surface area contributed by atoms with Gasteiger partial charge in [0.25, 0.3) is 0 Å². The van der Waals surface area contributed by atoms with Crippen LogP contribution < -0.4 is 15.4 Å². The van der Waals surface area contributed by atoms with Crippen molar-refractivity contribution >= 4 is 12.0 Å². The van der Waals surface area contributed by atoms with Gasteiger partial charge < -0.3 is 20.1 Å². The number of amides is 2. The molecule has 0 saturated heterocycles. The number of carbonyl (C=O) groups excluding carboxylic acids is 2. The zero-order chi connectivity index (χ0) is 19.6. The van der Waals surface area contributed by atoms with Gasteiger partial charge in [0.1, 0.15) is 11.9 Å². The molecule has 0 aromatic heterocycles. The summed E-state index contributed by atoms with van der Waals surface area (Å²) < 4.78 is 11.3. The summed E-state index contributed by atoms with van der Waals surface area (Å²) in [7, 11) is 1.57. The number of hydrogen-bond donors (Lipinski definition) is 2. The Hall–Kier alpha value is -2.50. The third kappa shape index (κ3) is 4.10. The molecule has 6 heteroatoms. The number of hydrogen-bond acceptors (Lipinski definition) is 4. The van der Waals surface area contributed by atoms with Crippen LogP contribution in [0.2, 0.25) is 0 Å². The van der Waals surface area contributed by atoms with E-state index in [0.29, 0.717) is 28.9 Å². The minimum Gasteiger partial charge on any atom is -0.496 e. The van der Waals surface area contributed by atoms with Crippen molar-refractivity contribution in [3.63, 3.8) is 0 Å². The lowest BCUT2D eigenvalue weighted by molar-refractivity contribution is -0.147. The molecule has 2 N–H and O–H groups in total. The van der Waals surface area contributed by atoms with Gasteiger partial charge in [-0.25, -0.2) is 9.59 Å². The Morgan fingerprint density at radius 2 is 1.89 bits per heavy atom. The average molecular weight is 372 g/mol. The average Bonchev–Trinajstić information content (AvgIpc) is 2.64. The van der Waals surface area contributed by atoms with E-state index in [9.17, 15) is 9.59 Å². The molecule has 0 radical (unpaired) electrons. The van der Waals surface area contributed by atoms with Crippen molar-refractivity contribution in [2.45, 2.75) is 52.2 Å². The SMILES string of the molecule is COc1ccccc1[C@H]1NC(=O)NC(C)=C1C(=O)O[C@H]1CC[C@@H](C)[C@@H](C)C1. The normalized spacial score (nSPS) is 28.2. The molecule has 3 rings (SSSR count). The second-order valence-corrected chi connectivity index (χ2v) is 7.61. The summed E-state index contributed by atoms with van der Waals surface area (Å²) in [6.07, 6.45) is 2.73. The number of urea groups is 1. The fraction of sp³-hybridized carbons (Fsp3) is 0.524. The van der Waals surface area contributed by atoms with Gasteiger partial charge >= 0.3 is 12.0 Å². The summed E-state index contributed by atoms with van der Waals surface area (Å²) in [6, 6.07) is 6.41. The van der Waals surface area contributed by atoms with Crippen LogP contribution in [0.15, 0.2) is 35.5 Å². The number of benzene rings is 1. The fourth-order valence-electron chi connectivity index (χ4n) is 3.92. The maximum absolute atomic E-state index is 13.0. The number of ether oxygens (including phenoxy) is 2. The number of methoxy groups -OCH3 is 1. The predicted molar refractivity (Wildman–Crippen MR) is 102 cm³/mol. The van der Waals surface area contributed by atoms with Gasteiger partial charge in [0.05, 0.1) is 18.7 Å². The number of esters is 1. The van der Waals surface area contributed by atoms with Crippen LogP contribution in [0.3, 0.4) is 0 Å². The van der Waals surface area contributed by atoms with Gasteiger partial charge in [0, 0.05) is 11.3 Å². The molecule has 6 nitrogen and oxygen atoms in total. The van der Waals surface area contributed by atoms with Crippen LogP contribution in [-0.4, -0.2) is 25.2 Å². The lowest BCUT2D eigenvalue weighted by Crippen LogP contribution is -2.46. The molecule has 1 heterocycles. The number of carbonyl (C=O) groups is 2. The fourth-order valence-corrected chi connectivity index (χ4v) is 3.92. The van der Waals surface area contributed by atoms with E-state index in [4.69, 9.17) is 9.47 Å². The molecule has 2 amide bonds. The van der Waals surface area contributed by atoms with Gasteiger partial charge in [-0.1, -0.05) is 32.0 Å². The third-order valence-corrected chi connectivity index (χ3v) is 5.76. The molecule has 1 aliphatic carbocycles. The number of para-hydroxylation sites is 1. The molecule has 0 bridgehead atoms. The molecule has 4 atom stereocenters. The van der Waals surface area contributed by atoms with E-state index < -0.39 is 6.04 Å². The minimum absolute atomic E-state index is 0.0834. The van der Waals surface area contributed by atoms with Crippen molar-refractivity contribution in [2.24, 2.45) is 11.8 Å². The lowest BCUT2D eigenvalue weighted by atomic mass is 9.80. The highest BCUT2D eigenvalue weighted by Gasteiger charge is 2.36. The van der Waals surface area contributed by atoms with Gasteiger partial charge in [-0.2, -0.15) is 0 Å². The second kappa shape index (κ2) is 8.03. The quantitative estimate of drug-likeness (QED) is 0.790. The van der Waals surface area contributed by atoms with E-state index in [-0.39, 0.29) is 18.1 Å². The maximum Gasteiger partial charge on any atom is 0.338 e. The summed E-state index contributed by atoms with van der Waals surface area (Å²) in [5, 5.41) is 5.52. The summed E-state index contributed by atoms with van der Waals surface area (Å²) in [5.41, 5.74) is 1.66. The van der Waals surface area contributed by atoms with Crippen molar-refractivity contribution < 1.29 is 19.1 Å². The Morgan fingerprint density at radius 1 is 1.15 bits per heavy atom. The molecule has 2 aliphatic rings. The topological polar surface area (TPSA) is 76.7 Å². The van der Waals surface area contributed by atoms with Gasteiger partial charge in [0.15, 0.2) is 0 Å². The standard InChI is InChI=1S/C21H28N2O4/c1-12-9-10-15(11-13(12)2)27-20(24)18-14(3)22-21(25)23-19(18)16-7-5-6-8-17(16)26-4/h5-8,12-13,15,19H,9-11H2,1-4H3,(H2,22,23,25)/t12-,13+,15+,19-/m1/s1. The smallest absolute Gasteiger partial charge is 0.338 e. The monoisotopic (exact) mass is 372 g/mol. The highest BCUT2D eigenvalue weighted by atomic mass is 16.5. The van der Waals surface area contributed by atoms with Crippen LogP contribution in [0.4, 0.5) is 4.79 Å². The summed E-state index contributed by atoms with van der Waals surface area (Å²) in [4.78, 5) is 25.1. The third-order valence-electron chi connectivity index (χ3n) is 5.76. The van der Waals surface area contributed by atoms with Crippen molar-refractivity contribution in [3.8, 4) is 5.75 Å². The van der Waals surface area contributed by atoms with Crippen molar-refractivity contribution in [2.75, 3.05) is 7.11 Å². The van der Waals surface area contributed by atoms with Crippen LogP contribution in [0.1, 0.15) is 51.6 Å². The molecule has 1 aromatic carbocycles. The lowest BCUT2D eigenvalue weighted by Gasteiger charge is -2.33. The predicted octanol–water partition coefficient (Wildman–Crippen LogP) is 3.69. The van der Waals surface area contributed by atoms with E-state index in [2.05, 4.69) is 24.5 Å². The van der Waals surface area contributed by atoms with E-state index in [1.54, 1.807) is 14.0 Å². The van der Waals surface area contributed by atoms with Crippen molar-refractivity contribution in [1.29, 1.82) is 0 Å². The van der Waals surface area contributed by atoms with Crippen LogP contribution in [0.25, 0.3) is 0 Å². The summed E-state index contributed by atoms with van der Waals surface area (Å²) >= 11 is 0. The summed E-state index contributed by atoms with van der Waals surface area (Å²) in [6.45, 7) is 6.17. The number of allylic oxidation sites excluding steroid dienone is 1. The Balaban J connectivity index is 1.87. The zero-order valence-electron chi connectivity index (χ0n) is 16.4. The van der Waals surface area contributed by atoms with E-state index in [1.807, 2.05) is 24.3 Å². The van der Waals surface area contributed by atoms with Crippen LogP contribution in [0.5, 0.6) is 5.75 Å². The number of rotatable bonds is 4. The first-order valence-corrected chi connectivity index (χ1v) is 9.52. The van der Waals surface area contributed by atoms with Crippen molar-refractivity contribution in [1.82, 2.24) is 10.6 Å². The first kappa shape index (κ1) is 19.3. The molecular weight excluding hydrogens is 344 g/mol. The molecule has 0 spiro atoms. The summed E-state index contributed by atoms with van der Waals surface area (Å²) in [5.74, 6) is 1.41. The molecule has 146 valence electrons. The first-order valence-electron chi connectivity index (χ1n) is 9.52. The van der Waals surface area contributed by atoms with E-state index >= 15 is 0 Å². The van der Waals surface area contributed by atoms with E-state index in [1.165, 1.54) is 0 Å². The van der Waals surface area contributed by atoms with Gasteiger partial charge in [0.2, 0.25) is 0 Å². The first-order chi connectivity index (χ1) is 12.9. The van der Waals surface area contributed by atoms with Crippen LogP contribution in [-0.2, 0) is 9.53 Å². The van der Waals surface area contributed by atoms with Gasteiger partial charge in [-0.05, 0) is 44.1 Å². The van der Waals surface area contributed by atoms with Crippen molar-refractivity contribution in [3.05, 3.63) is 41.1 Å². The highest BCUT2D eigenvalue weighted by molar-refractivity contribution is 5.95. The number of nitrogens with one attached hydrogen (secondary N) is 2. The molecule has 1 aromatic rings. The molecular formula is C21H28N2O4. The molecule has 1 aliphatic heterocycles. The van der Waals surface area contributed by atoms with Crippen LogP contribution in [0, 0.1) is 11.8 Å². The largest absolute Gasteiger partial charge is 0.496 e. The minimum atomic E-state index is -0.609. The molecule has 1 fully saturated rings. The molecule has 27 heavy (non-hydrogen) atoms. The Morgan fingerprint density at radius 3 is 2.59 bits per heavy atom. The highest BCUT2D eigenvalue weighted by Crippen LogP contribution is 2.35. The van der Waals surface area contributed by atoms with Crippen LogP contribution >= 0.6 is 0 Å². The molecule has 0 unspecified atom stereocenters. The van der Waals surface area contributed by atoms with Gasteiger partial charge in [-0.3, -0.25) is 0 Å². The Kier molecular flexibility index (Phi) is 5.73. The zero-order valence-corrected chi connectivity index (χ0v) is 16.4. The molecule has 1 saturated carbocycles. The Bertz CT molecular complexity index is 758. The van der Waals surface area contributed by atoms with Gasteiger partial charge in [-0.15, -0.1) is 0 Å². The van der Waals surface area contributed by atoms with E-state index in [0.717, 1.165) is 24.8 Å². The Labute approximate surface area is 160 Å². The second-order valence-electron chi connectivity index (χ2n) is 7.61. The maximum atomic E-state index is 13.0.